The Labute approximate surface area is 87.8 Å². The van der Waals surface area contributed by atoms with Crippen LogP contribution in [0.25, 0.3) is 0 Å². The summed E-state index contributed by atoms with van der Waals surface area (Å²) in [4.78, 5) is 12.3. The summed E-state index contributed by atoms with van der Waals surface area (Å²) >= 11 is 5.59. The highest BCUT2D eigenvalue weighted by molar-refractivity contribution is 7.81. The van der Waals surface area contributed by atoms with E-state index < -0.39 is 0 Å². The van der Waals surface area contributed by atoms with E-state index in [4.69, 9.17) is 0 Å². The van der Waals surface area contributed by atoms with Gasteiger partial charge in [-0.2, -0.15) is 12.6 Å². The van der Waals surface area contributed by atoms with Crippen molar-refractivity contribution in [1.29, 1.82) is 0 Å². The van der Waals surface area contributed by atoms with Crippen LogP contribution in [0, 0.1) is 0 Å². The van der Waals surface area contributed by atoms with Crippen LogP contribution < -0.4 is 5.32 Å². The van der Waals surface area contributed by atoms with Crippen molar-refractivity contribution >= 4 is 29.9 Å². The molecule has 0 spiro atoms. The maximum atomic E-state index is 11.1. The van der Waals surface area contributed by atoms with E-state index >= 15 is 0 Å². The van der Waals surface area contributed by atoms with Crippen LogP contribution in [0.2, 0.25) is 0 Å². The number of thiophene rings is 1. The van der Waals surface area contributed by atoms with E-state index in [1.54, 1.807) is 11.3 Å². The van der Waals surface area contributed by atoms with Gasteiger partial charge in [0.2, 0.25) is 5.91 Å². The second kappa shape index (κ2) is 5.29. The Bertz CT molecular complexity index is 259. The Hall–Kier alpha value is -0.480. The van der Waals surface area contributed by atoms with E-state index in [1.807, 2.05) is 17.5 Å². The highest BCUT2D eigenvalue weighted by Crippen LogP contribution is 2.21. The highest BCUT2D eigenvalue weighted by Gasteiger charge is 2.11. The molecule has 0 aliphatic rings. The molecule has 0 saturated heterocycles. The number of rotatable bonds is 4. The summed E-state index contributed by atoms with van der Waals surface area (Å²) < 4.78 is 0. The summed E-state index contributed by atoms with van der Waals surface area (Å²) in [5.74, 6) is 0.241. The molecule has 0 aromatic carbocycles. The van der Waals surface area contributed by atoms with E-state index in [0.29, 0.717) is 0 Å². The van der Waals surface area contributed by atoms with Crippen LogP contribution in [0.1, 0.15) is 24.3 Å². The predicted molar refractivity (Wildman–Crippen MR) is 59.3 cm³/mol. The summed E-state index contributed by atoms with van der Waals surface area (Å²) in [6.07, 6.45) is 0.917. The molecule has 1 N–H and O–H groups in total. The first-order valence-corrected chi connectivity index (χ1v) is 5.72. The lowest BCUT2D eigenvalue weighted by atomic mass is 10.2. The second-order valence-corrected chi connectivity index (χ2v) is 4.00. The molecule has 1 aromatic rings. The molecular formula is C9H13NOS2. The van der Waals surface area contributed by atoms with Crippen molar-refractivity contribution in [3.8, 4) is 0 Å². The van der Waals surface area contributed by atoms with Crippen molar-refractivity contribution in [2.75, 3.05) is 5.75 Å². The van der Waals surface area contributed by atoms with Crippen LogP contribution in [0.5, 0.6) is 0 Å². The van der Waals surface area contributed by atoms with Crippen LogP contribution in [-0.2, 0) is 4.79 Å². The minimum absolute atomic E-state index is 0.0106. The Balaban J connectivity index is 2.58. The molecule has 1 rings (SSSR count). The van der Waals surface area contributed by atoms with Crippen molar-refractivity contribution in [2.45, 2.75) is 19.4 Å². The zero-order valence-corrected chi connectivity index (χ0v) is 9.20. The van der Waals surface area contributed by atoms with E-state index in [0.717, 1.165) is 6.42 Å². The fraction of sp³-hybridized carbons (Fsp3) is 0.444. The molecule has 0 bridgehead atoms. The number of carbonyl (C=O) groups is 1. The summed E-state index contributed by atoms with van der Waals surface area (Å²) in [5.41, 5.74) is 0. The van der Waals surface area contributed by atoms with Crippen LogP contribution in [0.4, 0.5) is 0 Å². The Morgan fingerprint density at radius 1 is 1.77 bits per heavy atom. The van der Waals surface area contributed by atoms with E-state index in [2.05, 4.69) is 24.9 Å². The van der Waals surface area contributed by atoms with Gasteiger partial charge in [-0.1, -0.05) is 13.0 Å². The van der Waals surface area contributed by atoms with Gasteiger partial charge in [0.1, 0.15) is 0 Å². The first-order chi connectivity index (χ1) is 6.27. The van der Waals surface area contributed by atoms with Crippen LogP contribution in [0.15, 0.2) is 17.5 Å². The van der Waals surface area contributed by atoms with Gasteiger partial charge in [0.05, 0.1) is 11.8 Å². The SMILES string of the molecule is CCC(NC(=O)CS)c1cccs1. The molecule has 1 heterocycles. The quantitative estimate of drug-likeness (QED) is 0.741. The molecule has 0 saturated carbocycles. The molecule has 4 heteroatoms. The average Bonchev–Trinajstić information content (AvgIpc) is 2.66. The Kier molecular flexibility index (Phi) is 4.32. The topological polar surface area (TPSA) is 29.1 Å². The largest absolute Gasteiger partial charge is 0.348 e. The standard InChI is InChI=1S/C9H13NOS2/c1-2-7(10-9(11)6-12)8-4-3-5-13-8/h3-5,7,12H,2,6H2,1H3,(H,10,11). The van der Waals surface area contributed by atoms with Crippen molar-refractivity contribution < 1.29 is 4.79 Å². The van der Waals surface area contributed by atoms with E-state index in [-0.39, 0.29) is 17.7 Å². The average molecular weight is 215 g/mol. The van der Waals surface area contributed by atoms with Gasteiger partial charge in [0.15, 0.2) is 0 Å². The Morgan fingerprint density at radius 2 is 2.54 bits per heavy atom. The molecule has 1 atom stereocenters. The molecule has 2 nitrogen and oxygen atoms in total. The van der Waals surface area contributed by atoms with Gasteiger partial charge in [0.25, 0.3) is 0 Å². The lowest BCUT2D eigenvalue weighted by molar-refractivity contribution is -0.119. The van der Waals surface area contributed by atoms with Gasteiger partial charge in [-0.3, -0.25) is 4.79 Å². The lowest BCUT2D eigenvalue weighted by Gasteiger charge is -2.14. The normalized spacial score (nSPS) is 12.5. The van der Waals surface area contributed by atoms with Gasteiger partial charge in [-0.15, -0.1) is 11.3 Å². The van der Waals surface area contributed by atoms with Crippen molar-refractivity contribution in [3.63, 3.8) is 0 Å². The third-order valence-electron chi connectivity index (χ3n) is 1.77. The van der Waals surface area contributed by atoms with Crippen LogP contribution >= 0.6 is 24.0 Å². The summed E-state index contributed by atoms with van der Waals surface area (Å²) in [6.45, 7) is 2.06. The van der Waals surface area contributed by atoms with Gasteiger partial charge in [0, 0.05) is 4.88 Å². The fourth-order valence-electron chi connectivity index (χ4n) is 1.10. The molecule has 1 unspecified atom stereocenters. The molecule has 1 amide bonds. The molecule has 72 valence electrons. The van der Waals surface area contributed by atoms with Gasteiger partial charge < -0.3 is 5.32 Å². The lowest BCUT2D eigenvalue weighted by Crippen LogP contribution is -2.28. The number of hydrogen-bond donors (Lipinski definition) is 2. The van der Waals surface area contributed by atoms with Crippen molar-refractivity contribution in [1.82, 2.24) is 5.32 Å². The monoisotopic (exact) mass is 215 g/mol. The van der Waals surface area contributed by atoms with Crippen molar-refractivity contribution in [2.24, 2.45) is 0 Å². The second-order valence-electron chi connectivity index (χ2n) is 2.70. The number of carbonyl (C=O) groups excluding carboxylic acids is 1. The predicted octanol–water partition coefficient (Wildman–Crippen LogP) is 2.25. The number of amides is 1. The van der Waals surface area contributed by atoms with Gasteiger partial charge in [-0.05, 0) is 17.9 Å². The minimum atomic E-state index is -0.0106. The highest BCUT2D eigenvalue weighted by atomic mass is 32.1. The summed E-state index contributed by atoms with van der Waals surface area (Å²) in [5, 5.41) is 4.93. The molecule has 0 aliphatic carbocycles. The molecule has 13 heavy (non-hydrogen) atoms. The maximum Gasteiger partial charge on any atom is 0.230 e. The van der Waals surface area contributed by atoms with Crippen LogP contribution in [-0.4, -0.2) is 11.7 Å². The maximum absolute atomic E-state index is 11.1. The number of thiol groups is 1. The van der Waals surface area contributed by atoms with Crippen LogP contribution in [0.3, 0.4) is 0 Å². The van der Waals surface area contributed by atoms with E-state index in [1.165, 1.54) is 4.88 Å². The zero-order chi connectivity index (χ0) is 9.68. The smallest absolute Gasteiger partial charge is 0.230 e. The molecular weight excluding hydrogens is 202 g/mol. The Morgan fingerprint density at radius 3 is 3.00 bits per heavy atom. The van der Waals surface area contributed by atoms with E-state index in [9.17, 15) is 4.79 Å². The molecule has 1 aromatic heterocycles. The number of hydrogen-bond acceptors (Lipinski definition) is 3. The third kappa shape index (κ3) is 3.04. The fourth-order valence-corrected chi connectivity index (χ4v) is 2.06. The molecule has 0 aliphatic heterocycles. The minimum Gasteiger partial charge on any atom is -0.348 e. The molecule has 0 fully saturated rings. The molecule has 0 radical (unpaired) electrons. The first kappa shape index (κ1) is 10.6. The van der Waals surface area contributed by atoms with Crippen molar-refractivity contribution in [3.05, 3.63) is 22.4 Å². The first-order valence-electron chi connectivity index (χ1n) is 4.21. The summed E-state index contributed by atoms with van der Waals surface area (Å²) in [7, 11) is 0. The number of nitrogens with one attached hydrogen (secondary N) is 1. The summed E-state index contributed by atoms with van der Waals surface area (Å²) in [6, 6.07) is 4.19. The van der Waals surface area contributed by atoms with Gasteiger partial charge in [-0.25, -0.2) is 0 Å². The zero-order valence-electron chi connectivity index (χ0n) is 7.49. The third-order valence-corrected chi connectivity index (χ3v) is 3.05. The van der Waals surface area contributed by atoms with Gasteiger partial charge >= 0.3 is 0 Å².